The van der Waals surface area contributed by atoms with Crippen molar-refractivity contribution in [3.05, 3.63) is 23.8 Å². The van der Waals surface area contributed by atoms with Gasteiger partial charge in [0.2, 0.25) is 0 Å². The monoisotopic (exact) mass is 284 g/mol. The minimum atomic E-state index is -5.63. The molecule has 3 nitrogen and oxygen atoms in total. The first kappa shape index (κ1) is 14.9. The van der Waals surface area contributed by atoms with E-state index < -0.39 is 29.9 Å². The van der Waals surface area contributed by atoms with Crippen LogP contribution in [0, 0.1) is 11.3 Å². The molecule has 0 saturated carbocycles. The summed E-state index contributed by atoms with van der Waals surface area (Å²) in [6.45, 7) is 0. The Bertz CT molecular complexity index is 488. The molecule has 0 spiro atoms. The summed E-state index contributed by atoms with van der Waals surface area (Å²) in [5.74, 6) is -0.793. The molecule has 0 unspecified atom stereocenters. The van der Waals surface area contributed by atoms with Gasteiger partial charge in [0.15, 0.2) is 0 Å². The van der Waals surface area contributed by atoms with E-state index in [4.69, 9.17) is 11.0 Å². The zero-order chi connectivity index (χ0) is 14.8. The lowest BCUT2D eigenvalue weighted by Crippen LogP contribution is -2.46. The molecule has 19 heavy (non-hydrogen) atoms. The minimum absolute atomic E-state index is 0.0135. The molecule has 2 N–H and O–H groups in total. The third kappa shape index (κ3) is 3.67. The second-order valence-corrected chi connectivity index (χ2v) is 3.45. The Labute approximate surface area is 103 Å². The largest absolute Gasteiger partial charge is 0.469 e. The molecule has 1 aromatic carbocycles. The second kappa shape index (κ2) is 4.87. The Morgan fingerprint density at radius 2 is 1.63 bits per heavy atom. The van der Waals surface area contributed by atoms with Crippen LogP contribution in [-0.4, -0.2) is 18.5 Å². The molecule has 0 saturated heterocycles. The van der Waals surface area contributed by atoms with Gasteiger partial charge < -0.3 is 10.5 Å². The Morgan fingerprint density at radius 1 is 1.11 bits per heavy atom. The number of benzene rings is 1. The van der Waals surface area contributed by atoms with Crippen molar-refractivity contribution in [1.29, 1.82) is 5.26 Å². The normalized spacial score (nSPS) is 12.3. The van der Waals surface area contributed by atoms with Crippen molar-refractivity contribution in [2.24, 2.45) is 0 Å². The third-order valence-electron chi connectivity index (χ3n) is 1.98. The molecule has 0 heterocycles. The lowest BCUT2D eigenvalue weighted by molar-refractivity contribution is -0.299. The van der Waals surface area contributed by atoms with Gasteiger partial charge in [-0.3, -0.25) is 0 Å². The summed E-state index contributed by atoms with van der Waals surface area (Å²) in [5, 5.41) is 8.49. The van der Waals surface area contributed by atoms with Crippen LogP contribution in [0.5, 0.6) is 5.75 Å². The number of nitrogens with zero attached hydrogens (tertiary/aromatic N) is 1. The van der Waals surface area contributed by atoms with Gasteiger partial charge in [-0.2, -0.15) is 31.6 Å². The van der Waals surface area contributed by atoms with Crippen LogP contribution in [0.25, 0.3) is 0 Å². The summed E-state index contributed by atoms with van der Waals surface area (Å²) in [6.07, 6.45) is -15.2. The van der Waals surface area contributed by atoms with E-state index in [2.05, 4.69) is 4.74 Å². The summed E-state index contributed by atoms with van der Waals surface area (Å²) < 4.78 is 77.3. The Balaban J connectivity index is 3.09. The van der Waals surface area contributed by atoms with E-state index in [1.165, 1.54) is 0 Å². The first-order valence-electron chi connectivity index (χ1n) is 4.65. The maximum absolute atomic E-state index is 12.2. The van der Waals surface area contributed by atoms with Crippen molar-refractivity contribution in [1.82, 2.24) is 0 Å². The molecule has 0 aliphatic carbocycles. The number of halogens is 6. The van der Waals surface area contributed by atoms with Gasteiger partial charge in [-0.1, -0.05) is 0 Å². The van der Waals surface area contributed by atoms with Crippen LogP contribution < -0.4 is 10.5 Å². The van der Waals surface area contributed by atoms with E-state index in [0.717, 1.165) is 18.2 Å². The highest BCUT2D eigenvalue weighted by Crippen LogP contribution is 2.37. The van der Waals surface area contributed by atoms with Crippen LogP contribution in [-0.2, 0) is 0 Å². The third-order valence-corrected chi connectivity index (χ3v) is 1.98. The van der Waals surface area contributed by atoms with Gasteiger partial charge in [0.25, 0.3) is 6.10 Å². The van der Waals surface area contributed by atoms with E-state index in [1.54, 1.807) is 6.07 Å². The van der Waals surface area contributed by atoms with Crippen LogP contribution in [0.2, 0.25) is 0 Å². The van der Waals surface area contributed by atoms with Crippen molar-refractivity contribution in [2.75, 3.05) is 5.73 Å². The maximum Gasteiger partial charge on any atom is 0.434 e. The number of rotatable bonds is 2. The van der Waals surface area contributed by atoms with Gasteiger partial charge in [0.1, 0.15) is 5.75 Å². The molecule has 0 atom stereocenters. The van der Waals surface area contributed by atoms with Crippen LogP contribution in [0.1, 0.15) is 5.56 Å². The van der Waals surface area contributed by atoms with Gasteiger partial charge in [0.05, 0.1) is 17.3 Å². The van der Waals surface area contributed by atoms with Crippen molar-refractivity contribution < 1.29 is 31.1 Å². The molecule has 0 bridgehead atoms. The number of nitrogen functional groups attached to an aromatic ring is 1. The molecule has 1 rings (SSSR count). The van der Waals surface area contributed by atoms with E-state index in [1.807, 2.05) is 0 Å². The second-order valence-electron chi connectivity index (χ2n) is 3.45. The quantitative estimate of drug-likeness (QED) is 0.670. The number of nitrogens with two attached hydrogens (primary N) is 1. The lowest BCUT2D eigenvalue weighted by atomic mass is 10.2. The Hall–Kier alpha value is -2.11. The molecule has 0 aromatic heterocycles. The fraction of sp³-hybridized carbons (Fsp3) is 0.300. The van der Waals surface area contributed by atoms with E-state index in [0.29, 0.717) is 0 Å². The number of nitriles is 1. The van der Waals surface area contributed by atoms with Gasteiger partial charge in [-0.15, -0.1) is 0 Å². The number of hydrogen-bond donors (Lipinski definition) is 1. The standard InChI is InChI=1S/C10H6F6N2O/c11-9(12,13)8(10(14,15)16)19-7-2-1-5(4-17)3-6(7)18/h1-3,8H,18H2. The van der Waals surface area contributed by atoms with Crippen molar-refractivity contribution in [3.63, 3.8) is 0 Å². The highest BCUT2D eigenvalue weighted by molar-refractivity contribution is 5.56. The summed E-state index contributed by atoms with van der Waals surface area (Å²) in [5.41, 5.74) is 4.72. The van der Waals surface area contributed by atoms with E-state index in [-0.39, 0.29) is 5.56 Å². The first-order valence-corrected chi connectivity index (χ1v) is 4.65. The lowest BCUT2D eigenvalue weighted by Gasteiger charge is -2.24. The number of alkyl halides is 6. The molecule has 0 amide bonds. The van der Waals surface area contributed by atoms with Crippen LogP contribution >= 0.6 is 0 Å². The Kier molecular flexibility index (Phi) is 3.83. The maximum atomic E-state index is 12.2. The zero-order valence-electron chi connectivity index (χ0n) is 9.01. The van der Waals surface area contributed by atoms with Gasteiger partial charge >= 0.3 is 12.4 Å². The summed E-state index contributed by atoms with van der Waals surface area (Å²) in [7, 11) is 0. The SMILES string of the molecule is N#Cc1ccc(OC(C(F)(F)F)C(F)(F)F)c(N)c1. The molecule has 0 radical (unpaired) electrons. The molecular formula is C10H6F6N2O. The highest BCUT2D eigenvalue weighted by atomic mass is 19.4. The topological polar surface area (TPSA) is 59.0 Å². The molecule has 9 heteroatoms. The first-order chi connectivity index (χ1) is 8.55. The number of anilines is 1. The van der Waals surface area contributed by atoms with Gasteiger partial charge in [-0.05, 0) is 18.2 Å². The van der Waals surface area contributed by atoms with Crippen molar-refractivity contribution >= 4 is 5.69 Å². The summed E-state index contributed by atoms with van der Waals surface area (Å²) >= 11 is 0. The van der Waals surface area contributed by atoms with E-state index in [9.17, 15) is 26.3 Å². The molecule has 0 aliphatic heterocycles. The smallest absolute Gasteiger partial charge is 0.434 e. The molecular weight excluding hydrogens is 278 g/mol. The van der Waals surface area contributed by atoms with Crippen LogP contribution in [0.15, 0.2) is 18.2 Å². The van der Waals surface area contributed by atoms with Gasteiger partial charge in [0, 0.05) is 0 Å². The number of ether oxygens (including phenoxy) is 1. The Morgan fingerprint density at radius 3 is 2.00 bits per heavy atom. The molecule has 1 aromatic rings. The molecule has 104 valence electrons. The summed E-state index contributed by atoms with van der Waals surface area (Å²) in [6, 6.07) is 4.32. The number of hydrogen-bond acceptors (Lipinski definition) is 3. The van der Waals surface area contributed by atoms with Gasteiger partial charge in [-0.25, -0.2) is 0 Å². The fourth-order valence-corrected chi connectivity index (χ4v) is 1.17. The summed E-state index contributed by atoms with van der Waals surface area (Å²) in [4.78, 5) is 0. The molecule has 0 aliphatic rings. The highest BCUT2D eigenvalue weighted by Gasteiger charge is 2.59. The molecule has 0 fully saturated rings. The average molecular weight is 284 g/mol. The predicted molar refractivity (Wildman–Crippen MR) is 52.1 cm³/mol. The zero-order valence-corrected chi connectivity index (χ0v) is 9.01. The minimum Gasteiger partial charge on any atom is -0.469 e. The van der Waals surface area contributed by atoms with Crippen molar-refractivity contribution in [3.8, 4) is 11.8 Å². The van der Waals surface area contributed by atoms with E-state index >= 15 is 0 Å². The predicted octanol–water partition coefficient (Wildman–Crippen LogP) is 3.01. The fourth-order valence-electron chi connectivity index (χ4n) is 1.17. The van der Waals surface area contributed by atoms with Crippen LogP contribution in [0.4, 0.5) is 32.0 Å². The average Bonchev–Trinajstić information content (AvgIpc) is 2.23. The van der Waals surface area contributed by atoms with Crippen molar-refractivity contribution in [2.45, 2.75) is 18.5 Å². The van der Waals surface area contributed by atoms with Crippen LogP contribution in [0.3, 0.4) is 0 Å².